The van der Waals surface area contributed by atoms with E-state index in [0.717, 1.165) is 53.4 Å². The van der Waals surface area contributed by atoms with Crippen molar-refractivity contribution in [1.82, 2.24) is 19.9 Å². The molecule has 3 aromatic rings. The van der Waals surface area contributed by atoms with E-state index < -0.39 is 0 Å². The summed E-state index contributed by atoms with van der Waals surface area (Å²) >= 11 is 1.60. The lowest BCUT2D eigenvalue weighted by Gasteiger charge is -2.27. The van der Waals surface area contributed by atoms with Crippen molar-refractivity contribution in [2.24, 2.45) is 0 Å². The van der Waals surface area contributed by atoms with E-state index in [1.54, 1.807) is 29.9 Å². The first-order chi connectivity index (χ1) is 12.3. The first kappa shape index (κ1) is 15.9. The molecular weight excluding hydrogens is 336 g/mol. The highest BCUT2D eigenvalue weighted by atomic mass is 32.1. The molecule has 1 saturated heterocycles. The van der Waals surface area contributed by atoms with Crippen LogP contribution in [-0.4, -0.2) is 46.2 Å². The Hall–Kier alpha value is -2.58. The third-order valence-electron chi connectivity index (χ3n) is 3.94. The third-order valence-corrected chi connectivity index (χ3v) is 5.06. The maximum atomic E-state index is 5.42. The Balaban J connectivity index is 1.59. The van der Waals surface area contributed by atoms with E-state index in [2.05, 4.69) is 36.2 Å². The van der Waals surface area contributed by atoms with Gasteiger partial charge in [0, 0.05) is 31.7 Å². The molecule has 4 heterocycles. The number of thiazole rings is 1. The molecule has 7 nitrogen and oxygen atoms in total. The molecular formula is C17H18N6OS. The van der Waals surface area contributed by atoms with Crippen molar-refractivity contribution in [2.45, 2.75) is 6.92 Å². The third kappa shape index (κ3) is 3.59. The van der Waals surface area contributed by atoms with Crippen molar-refractivity contribution in [3.8, 4) is 10.4 Å². The van der Waals surface area contributed by atoms with Crippen molar-refractivity contribution in [2.75, 3.05) is 36.5 Å². The highest BCUT2D eigenvalue weighted by molar-refractivity contribution is 7.19. The minimum atomic E-state index is 0.687. The van der Waals surface area contributed by atoms with Crippen LogP contribution in [0.4, 0.5) is 16.8 Å². The smallest absolute Gasteiger partial charge is 0.189 e. The van der Waals surface area contributed by atoms with Gasteiger partial charge in [0.05, 0.1) is 30.0 Å². The van der Waals surface area contributed by atoms with E-state index in [0.29, 0.717) is 5.82 Å². The fraction of sp³-hybridized carbons (Fsp3) is 0.294. The topological polar surface area (TPSA) is 76.1 Å². The quantitative estimate of drug-likeness (QED) is 0.772. The van der Waals surface area contributed by atoms with E-state index >= 15 is 0 Å². The SMILES string of the molecule is Cc1nc(Nc2cnccn2)sc1-c1ccnc(N2CCOCC2)c1. The standard InChI is InChI=1S/C17H18N6OS/c1-12-16(25-17(21-12)22-14-11-18-4-5-19-14)13-2-3-20-15(10-13)23-6-8-24-9-7-23/h2-5,10-11H,6-9H2,1H3,(H,19,21,22). The van der Waals surface area contributed by atoms with Gasteiger partial charge >= 0.3 is 0 Å². The number of pyridine rings is 1. The summed E-state index contributed by atoms with van der Waals surface area (Å²) in [6, 6.07) is 4.15. The maximum Gasteiger partial charge on any atom is 0.189 e. The summed E-state index contributed by atoms with van der Waals surface area (Å²) in [5.41, 5.74) is 2.11. The van der Waals surface area contributed by atoms with Gasteiger partial charge in [0.2, 0.25) is 0 Å². The van der Waals surface area contributed by atoms with E-state index in [1.807, 2.05) is 19.2 Å². The highest BCUT2D eigenvalue weighted by Crippen LogP contribution is 2.34. The molecule has 1 aliphatic rings. The predicted molar refractivity (Wildman–Crippen MR) is 98.4 cm³/mol. The van der Waals surface area contributed by atoms with Gasteiger partial charge in [0.25, 0.3) is 0 Å². The van der Waals surface area contributed by atoms with Crippen LogP contribution in [-0.2, 0) is 4.74 Å². The molecule has 4 rings (SSSR count). The lowest BCUT2D eigenvalue weighted by molar-refractivity contribution is 0.122. The summed E-state index contributed by atoms with van der Waals surface area (Å²) in [7, 11) is 0. The number of anilines is 3. The Kier molecular flexibility index (Phi) is 4.53. The number of aryl methyl sites for hydroxylation is 1. The van der Waals surface area contributed by atoms with Crippen LogP contribution < -0.4 is 10.2 Å². The number of nitrogens with zero attached hydrogens (tertiary/aromatic N) is 5. The van der Waals surface area contributed by atoms with Crippen LogP contribution in [0.25, 0.3) is 10.4 Å². The normalized spacial score (nSPS) is 14.5. The number of nitrogens with one attached hydrogen (secondary N) is 1. The zero-order valence-electron chi connectivity index (χ0n) is 13.8. The lowest BCUT2D eigenvalue weighted by atomic mass is 10.2. The van der Waals surface area contributed by atoms with Crippen LogP contribution in [0.2, 0.25) is 0 Å². The molecule has 1 fully saturated rings. The first-order valence-corrected chi connectivity index (χ1v) is 8.91. The number of morpholine rings is 1. The Morgan fingerprint density at radius 3 is 2.84 bits per heavy atom. The Labute approximate surface area is 149 Å². The largest absolute Gasteiger partial charge is 0.378 e. The fourth-order valence-corrected chi connectivity index (χ4v) is 3.69. The zero-order valence-corrected chi connectivity index (χ0v) is 14.7. The minimum Gasteiger partial charge on any atom is -0.378 e. The molecule has 1 N–H and O–H groups in total. The average molecular weight is 354 g/mol. The van der Waals surface area contributed by atoms with Crippen molar-refractivity contribution >= 4 is 28.1 Å². The van der Waals surface area contributed by atoms with Crippen molar-refractivity contribution in [3.05, 3.63) is 42.6 Å². The molecule has 0 saturated carbocycles. The summed E-state index contributed by atoms with van der Waals surface area (Å²) in [5.74, 6) is 1.67. The van der Waals surface area contributed by atoms with E-state index in [9.17, 15) is 0 Å². The van der Waals surface area contributed by atoms with Crippen LogP contribution in [0, 0.1) is 6.92 Å². The molecule has 0 spiro atoms. The molecule has 0 amide bonds. The van der Waals surface area contributed by atoms with Crippen molar-refractivity contribution < 1.29 is 4.74 Å². The fourth-order valence-electron chi connectivity index (χ4n) is 2.72. The summed E-state index contributed by atoms with van der Waals surface area (Å²) in [6.45, 7) is 5.26. The van der Waals surface area contributed by atoms with E-state index in [-0.39, 0.29) is 0 Å². The number of hydrogen-bond acceptors (Lipinski definition) is 8. The number of aromatic nitrogens is 4. The van der Waals surface area contributed by atoms with Crippen LogP contribution in [0.15, 0.2) is 36.9 Å². The Bertz CT molecular complexity index is 847. The second kappa shape index (κ2) is 7.12. The molecule has 0 aromatic carbocycles. The lowest BCUT2D eigenvalue weighted by Crippen LogP contribution is -2.36. The van der Waals surface area contributed by atoms with Gasteiger partial charge in [-0.2, -0.15) is 0 Å². The second-order valence-electron chi connectivity index (χ2n) is 5.65. The summed E-state index contributed by atoms with van der Waals surface area (Å²) in [6.07, 6.45) is 6.84. The number of ether oxygens (including phenoxy) is 1. The molecule has 0 unspecified atom stereocenters. The molecule has 0 aliphatic carbocycles. The number of hydrogen-bond donors (Lipinski definition) is 1. The van der Waals surface area contributed by atoms with Crippen LogP contribution >= 0.6 is 11.3 Å². The summed E-state index contributed by atoms with van der Waals surface area (Å²) in [4.78, 5) is 20.8. The van der Waals surface area contributed by atoms with Gasteiger partial charge in [-0.05, 0) is 24.6 Å². The molecule has 1 aliphatic heterocycles. The molecule has 128 valence electrons. The highest BCUT2D eigenvalue weighted by Gasteiger charge is 2.15. The predicted octanol–water partition coefficient (Wildman–Crippen LogP) is 2.88. The van der Waals surface area contributed by atoms with E-state index in [4.69, 9.17) is 4.74 Å². The Morgan fingerprint density at radius 1 is 1.16 bits per heavy atom. The molecule has 3 aromatic heterocycles. The Morgan fingerprint density at radius 2 is 2.04 bits per heavy atom. The second-order valence-corrected chi connectivity index (χ2v) is 6.65. The molecule has 0 atom stereocenters. The van der Waals surface area contributed by atoms with Gasteiger partial charge in [0.1, 0.15) is 5.82 Å². The van der Waals surface area contributed by atoms with Gasteiger partial charge in [-0.15, -0.1) is 0 Å². The molecule has 0 bridgehead atoms. The van der Waals surface area contributed by atoms with Crippen LogP contribution in [0.3, 0.4) is 0 Å². The minimum absolute atomic E-state index is 0.687. The first-order valence-electron chi connectivity index (χ1n) is 8.09. The molecule has 25 heavy (non-hydrogen) atoms. The summed E-state index contributed by atoms with van der Waals surface area (Å²) in [5, 5.41) is 4.01. The average Bonchev–Trinajstić information content (AvgIpc) is 3.03. The monoisotopic (exact) mass is 354 g/mol. The van der Waals surface area contributed by atoms with Crippen LogP contribution in [0.5, 0.6) is 0 Å². The summed E-state index contributed by atoms with van der Waals surface area (Å²) < 4.78 is 5.42. The van der Waals surface area contributed by atoms with Gasteiger partial charge in [-0.3, -0.25) is 4.98 Å². The van der Waals surface area contributed by atoms with Crippen molar-refractivity contribution in [1.29, 1.82) is 0 Å². The molecule has 8 heteroatoms. The van der Waals surface area contributed by atoms with E-state index in [1.165, 1.54) is 0 Å². The zero-order chi connectivity index (χ0) is 17.1. The van der Waals surface area contributed by atoms with Crippen LogP contribution in [0.1, 0.15) is 5.69 Å². The number of rotatable bonds is 4. The van der Waals surface area contributed by atoms with Gasteiger partial charge in [0.15, 0.2) is 10.9 Å². The van der Waals surface area contributed by atoms with Gasteiger partial charge in [-0.25, -0.2) is 15.0 Å². The van der Waals surface area contributed by atoms with Crippen molar-refractivity contribution in [3.63, 3.8) is 0 Å². The maximum absolute atomic E-state index is 5.42. The molecule has 0 radical (unpaired) electrons. The van der Waals surface area contributed by atoms with Gasteiger partial charge in [-0.1, -0.05) is 11.3 Å². The van der Waals surface area contributed by atoms with Gasteiger partial charge < -0.3 is 15.0 Å².